The zero-order valence-electron chi connectivity index (χ0n) is 16.9. The topological polar surface area (TPSA) is 116 Å². The van der Waals surface area contributed by atoms with Crippen molar-refractivity contribution in [3.8, 4) is 0 Å². The van der Waals surface area contributed by atoms with Gasteiger partial charge in [0.25, 0.3) is 5.56 Å². The van der Waals surface area contributed by atoms with Gasteiger partial charge in [-0.3, -0.25) is 19.4 Å². The van der Waals surface area contributed by atoms with Gasteiger partial charge in [-0.2, -0.15) is 4.98 Å². The number of amides is 2. The first kappa shape index (κ1) is 20.6. The van der Waals surface area contributed by atoms with E-state index in [-0.39, 0.29) is 29.7 Å². The van der Waals surface area contributed by atoms with Crippen molar-refractivity contribution in [3.63, 3.8) is 0 Å². The number of halogens is 1. The third-order valence-electron chi connectivity index (χ3n) is 4.86. The van der Waals surface area contributed by atoms with Gasteiger partial charge in [-0.25, -0.2) is 0 Å². The van der Waals surface area contributed by atoms with Crippen LogP contribution < -0.4 is 21.5 Å². The molecular weight excluding hydrogens is 418 g/mol. The molecule has 0 saturated heterocycles. The quantitative estimate of drug-likeness (QED) is 0.494. The highest BCUT2D eigenvalue weighted by molar-refractivity contribution is 6.30. The lowest BCUT2D eigenvalue weighted by molar-refractivity contribution is -0.123. The van der Waals surface area contributed by atoms with Gasteiger partial charge in [-0.05, 0) is 61.4 Å². The molecule has 1 aromatic heterocycles. The molecule has 0 bridgehead atoms. The van der Waals surface area contributed by atoms with Gasteiger partial charge in [-0.1, -0.05) is 17.7 Å². The third kappa shape index (κ3) is 4.59. The second-order valence-electron chi connectivity index (χ2n) is 7.48. The molecule has 0 spiro atoms. The summed E-state index contributed by atoms with van der Waals surface area (Å²) in [5.74, 6) is -1.57. The van der Waals surface area contributed by atoms with Crippen molar-refractivity contribution >= 4 is 46.6 Å². The Hall–Kier alpha value is -3.65. The molecule has 1 aliphatic heterocycles. The number of aryl methyl sites for hydroxylation is 2. The van der Waals surface area contributed by atoms with Crippen LogP contribution in [0, 0.1) is 13.8 Å². The number of H-pyrrole nitrogens is 1. The maximum Gasteiger partial charge on any atom is 0.258 e. The minimum Gasteiger partial charge on any atom is -0.326 e. The number of hydrogen-bond donors (Lipinski definition) is 4. The molecule has 1 aliphatic rings. The van der Waals surface area contributed by atoms with Crippen molar-refractivity contribution in [2.75, 3.05) is 16.0 Å². The van der Waals surface area contributed by atoms with Crippen molar-refractivity contribution in [3.05, 3.63) is 74.5 Å². The number of hydrogen-bond acceptors (Lipinski definition) is 5. The summed E-state index contributed by atoms with van der Waals surface area (Å²) < 4.78 is 0. The molecule has 0 saturated carbocycles. The number of carbonyl (C=O) groups excluding carboxylic acids is 2. The highest BCUT2D eigenvalue weighted by Crippen LogP contribution is 2.30. The van der Waals surface area contributed by atoms with E-state index in [2.05, 4.69) is 25.9 Å². The predicted octanol–water partition coefficient (Wildman–Crippen LogP) is 3.85. The Kier molecular flexibility index (Phi) is 5.48. The Labute approximate surface area is 183 Å². The van der Waals surface area contributed by atoms with Crippen molar-refractivity contribution in [2.45, 2.75) is 26.2 Å². The van der Waals surface area contributed by atoms with E-state index in [1.807, 2.05) is 32.0 Å². The minimum atomic E-state index is -0.953. The zero-order chi connectivity index (χ0) is 22.1. The Morgan fingerprint density at radius 1 is 1.06 bits per heavy atom. The summed E-state index contributed by atoms with van der Waals surface area (Å²) in [6, 6.07) is 12.5. The van der Waals surface area contributed by atoms with E-state index in [4.69, 9.17) is 11.6 Å². The molecule has 2 aromatic carbocycles. The van der Waals surface area contributed by atoms with Crippen molar-refractivity contribution < 1.29 is 9.59 Å². The first-order valence-corrected chi connectivity index (χ1v) is 10.0. The van der Waals surface area contributed by atoms with Gasteiger partial charge in [0, 0.05) is 22.8 Å². The van der Waals surface area contributed by atoms with Crippen LogP contribution in [0.1, 0.15) is 29.0 Å². The van der Waals surface area contributed by atoms with Crippen LogP contribution in [0.15, 0.2) is 47.3 Å². The fraction of sp³-hybridized carbons (Fsp3) is 0.182. The normalized spacial score (nSPS) is 15.1. The number of fused-ring (bicyclic) bond motifs is 1. The van der Waals surface area contributed by atoms with E-state index in [9.17, 15) is 14.4 Å². The number of aromatic amines is 1. The van der Waals surface area contributed by atoms with Gasteiger partial charge in [0.15, 0.2) is 0 Å². The lowest BCUT2D eigenvalue weighted by Crippen LogP contribution is -2.36. The first-order valence-electron chi connectivity index (χ1n) is 9.64. The largest absolute Gasteiger partial charge is 0.326 e. The van der Waals surface area contributed by atoms with E-state index >= 15 is 0 Å². The zero-order valence-corrected chi connectivity index (χ0v) is 17.6. The van der Waals surface area contributed by atoms with Crippen LogP contribution in [0.2, 0.25) is 5.02 Å². The molecule has 0 unspecified atom stereocenters. The smallest absolute Gasteiger partial charge is 0.258 e. The predicted molar refractivity (Wildman–Crippen MR) is 120 cm³/mol. The van der Waals surface area contributed by atoms with Crippen molar-refractivity contribution in [1.29, 1.82) is 0 Å². The monoisotopic (exact) mass is 437 g/mol. The molecule has 2 heterocycles. The van der Waals surface area contributed by atoms with Crippen LogP contribution in [0.25, 0.3) is 0 Å². The van der Waals surface area contributed by atoms with Crippen molar-refractivity contribution in [2.24, 2.45) is 0 Å². The summed E-state index contributed by atoms with van der Waals surface area (Å²) in [4.78, 5) is 45.0. The van der Waals surface area contributed by atoms with Gasteiger partial charge in [0.1, 0.15) is 5.82 Å². The molecule has 1 atom stereocenters. The SMILES string of the molecule is Cc1cc(C)cc(NC(=O)[C@@H]2CC(=O)Nc3nc(Nc4ccc(Cl)cc4)[nH]c(=O)c32)c1. The fourth-order valence-electron chi connectivity index (χ4n) is 3.60. The summed E-state index contributed by atoms with van der Waals surface area (Å²) in [7, 11) is 0. The number of nitrogens with zero attached hydrogens (tertiary/aromatic N) is 1. The Balaban J connectivity index is 1.64. The lowest BCUT2D eigenvalue weighted by Gasteiger charge is -2.23. The molecule has 3 aromatic rings. The van der Waals surface area contributed by atoms with Gasteiger partial charge in [0.05, 0.1) is 11.5 Å². The highest BCUT2D eigenvalue weighted by atomic mass is 35.5. The highest BCUT2D eigenvalue weighted by Gasteiger charge is 2.34. The maximum absolute atomic E-state index is 13.0. The fourth-order valence-corrected chi connectivity index (χ4v) is 3.73. The lowest BCUT2D eigenvalue weighted by atomic mass is 9.92. The number of anilines is 4. The standard InChI is InChI=1S/C22H20ClN5O3/c1-11-7-12(2)9-15(8-11)24-20(30)16-10-17(29)26-19-18(16)21(31)28-22(27-19)25-14-5-3-13(23)4-6-14/h3-9,16H,10H2,1-2H3,(H,24,30)(H3,25,26,27,28,29,31)/t16-/m1/s1. The second-order valence-corrected chi connectivity index (χ2v) is 7.92. The molecule has 158 valence electrons. The molecule has 0 radical (unpaired) electrons. The first-order chi connectivity index (χ1) is 14.8. The molecule has 31 heavy (non-hydrogen) atoms. The maximum atomic E-state index is 13.0. The van der Waals surface area contributed by atoms with E-state index in [0.29, 0.717) is 16.4 Å². The Morgan fingerprint density at radius 2 is 1.74 bits per heavy atom. The van der Waals surface area contributed by atoms with E-state index in [1.165, 1.54) is 0 Å². The van der Waals surface area contributed by atoms with Crippen LogP contribution in [0.4, 0.5) is 23.1 Å². The van der Waals surface area contributed by atoms with Gasteiger partial charge >= 0.3 is 0 Å². The minimum absolute atomic E-state index is 0.0667. The van der Waals surface area contributed by atoms with Crippen molar-refractivity contribution in [1.82, 2.24) is 9.97 Å². The number of nitrogens with one attached hydrogen (secondary N) is 4. The molecule has 8 nitrogen and oxygen atoms in total. The average molecular weight is 438 g/mol. The number of carbonyl (C=O) groups is 2. The summed E-state index contributed by atoms with van der Waals surface area (Å²) in [5.41, 5.74) is 2.88. The summed E-state index contributed by atoms with van der Waals surface area (Å²) in [5, 5.41) is 8.93. The average Bonchev–Trinajstić information content (AvgIpc) is 2.68. The van der Waals surface area contributed by atoms with Crippen LogP contribution >= 0.6 is 11.6 Å². The van der Waals surface area contributed by atoms with Gasteiger partial charge in [-0.15, -0.1) is 0 Å². The van der Waals surface area contributed by atoms with Gasteiger partial charge in [0.2, 0.25) is 17.8 Å². The van der Waals surface area contributed by atoms with Crippen LogP contribution in [0.3, 0.4) is 0 Å². The summed E-state index contributed by atoms with van der Waals surface area (Å²) in [6.07, 6.45) is -0.141. The third-order valence-corrected chi connectivity index (χ3v) is 5.12. The Morgan fingerprint density at radius 3 is 2.42 bits per heavy atom. The van der Waals surface area contributed by atoms with E-state index in [0.717, 1.165) is 11.1 Å². The molecule has 4 rings (SSSR count). The Bertz CT molecular complexity index is 1220. The summed E-state index contributed by atoms with van der Waals surface area (Å²) in [6.45, 7) is 3.85. The molecule has 0 aliphatic carbocycles. The molecular formula is C22H20ClN5O3. The molecule has 2 amide bonds. The van der Waals surface area contributed by atoms with E-state index in [1.54, 1.807) is 24.3 Å². The second kappa shape index (κ2) is 8.23. The van der Waals surface area contributed by atoms with Crippen LogP contribution in [-0.4, -0.2) is 21.8 Å². The molecule has 0 fully saturated rings. The number of benzene rings is 2. The van der Waals surface area contributed by atoms with Crippen LogP contribution in [-0.2, 0) is 9.59 Å². The molecule has 9 heteroatoms. The number of rotatable bonds is 4. The van der Waals surface area contributed by atoms with Crippen LogP contribution in [0.5, 0.6) is 0 Å². The summed E-state index contributed by atoms with van der Waals surface area (Å²) >= 11 is 5.89. The number of aromatic nitrogens is 2. The van der Waals surface area contributed by atoms with E-state index < -0.39 is 17.4 Å². The molecule has 4 N–H and O–H groups in total. The van der Waals surface area contributed by atoms with Gasteiger partial charge < -0.3 is 16.0 Å².